The standard InChI is InChI=1S/C16H18BrIN2OS/c1-5-14-12(8-13(10(2)3)11(4)17)9-15(20(14)22-18)16(21)6-7-19/h8-10H,4-6H2,1-3H3/b13-8-. The summed E-state index contributed by atoms with van der Waals surface area (Å²) >= 11 is 5.62. The summed E-state index contributed by atoms with van der Waals surface area (Å²) < 4.78 is 2.77. The molecule has 22 heavy (non-hydrogen) atoms. The van der Waals surface area contributed by atoms with Crippen molar-refractivity contribution in [1.29, 1.82) is 5.26 Å². The predicted octanol–water partition coefficient (Wildman–Crippen LogP) is 5.94. The van der Waals surface area contributed by atoms with E-state index in [4.69, 9.17) is 5.26 Å². The lowest BCUT2D eigenvalue weighted by molar-refractivity contribution is 0.0992. The van der Waals surface area contributed by atoms with Crippen LogP contribution in [0, 0.1) is 17.2 Å². The molecule has 1 aromatic heterocycles. The van der Waals surface area contributed by atoms with Crippen molar-refractivity contribution < 1.29 is 4.79 Å². The van der Waals surface area contributed by atoms with Gasteiger partial charge in [-0.15, -0.1) is 0 Å². The number of nitriles is 1. The van der Waals surface area contributed by atoms with Crippen molar-refractivity contribution in [2.75, 3.05) is 0 Å². The lowest BCUT2D eigenvalue weighted by atomic mass is 10.00. The average molecular weight is 493 g/mol. The Balaban J connectivity index is 3.49. The lowest BCUT2D eigenvalue weighted by Gasteiger charge is -2.10. The second kappa shape index (κ2) is 8.94. The molecule has 118 valence electrons. The summed E-state index contributed by atoms with van der Waals surface area (Å²) in [5, 5.41) is 8.77. The molecule has 3 nitrogen and oxygen atoms in total. The van der Waals surface area contributed by atoms with Crippen molar-refractivity contribution in [3.63, 3.8) is 0 Å². The first-order valence-electron chi connectivity index (χ1n) is 6.87. The second-order valence-corrected chi connectivity index (χ2v) is 7.71. The summed E-state index contributed by atoms with van der Waals surface area (Å²) in [4.78, 5) is 12.2. The molecule has 0 spiro atoms. The first kappa shape index (κ1) is 19.5. The van der Waals surface area contributed by atoms with Crippen LogP contribution in [0.15, 0.2) is 22.7 Å². The van der Waals surface area contributed by atoms with E-state index in [1.165, 1.54) is 9.12 Å². The number of allylic oxidation sites excluding steroid dienone is 2. The molecule has 0 bridgehead atoms. The van der Waals surface area contributed by atoms with Crippen LogP contribution < -0.4 is 0 Å². The number of nitrogens with zero attached hydrogens (tertiary/aromatic N) is 2. The zero-order chi connectivity index (χ0) is 16.9. The van der Waals surface area contributed by atoms with E-state index in [0.29, 0.717) is 11.6 Å². The van der Waals surface area contributed by atoms with E-state index in [1.807, 2.05) is 16.1 Å². The zero-order valence-corrected chi connectivity index (χ0v) is 17.4. The number of hydrogen-bond acceptors (Lipinski definition) is 3. The van der Waals surface area contributed by atoms with E-state index in [-0.39, 0.29) is 12.2 Å². The number of Topliss-reactive ketones (excluding diaryl/α,β-unsaturated/α-hetero) is 1. The van der Waals surface area contributed by atoms with E-state index in [2.05, 4.69) is 70.6 Å². The van der Waals surface area contributed by atoms with Crippen molar-refractivity contribution in [3.8, 4) is 6.07 Å². The maximum Gasteiger partial charge on any atom is 0.194 e. The van der Waals surface area contributed by atoms with Gasteiger partial charge in [-0.2, -0.15) is 5.26 Å². The summed E-state index contributed by atoms with van der Waals surface area (Å²) in [6.45, 7) is 10.2. The maximum atomic E-state index is 12.2. The largest absolute Gasteiger partial charge is 0.291 e. The molecule has 0 unspecified atom stereocenters. The maximum absolute atomic E-state index is 12.2. The minimum Gasteiger partial charge on any atom is -0.291 e. The topological polar surface area (TPSA) is 45.8 Å². The molecule has 0 fully saturated rings. The van der Waals surface area contributed by atoms with Gasteiger partial charge < -0.3 is 0 Å². The van der Waals surface area contributed by atoms with Crippen LogP contribution in [-0.2, 0) is 6.42 Å². The molecule has 0 amide bonds. The van der Waals surface area contributed by atoms with Crippen molar-refractivity contribution in [1.82, 2.24) is 3.97 Å². The summed E-state index contributed by atoms with van der Waals surface area (Å²) in [5.41, 5.74) is 3.77. The Morgan fingerprint density at radius 1 is 1.64 bits per heavy atom. The van der Waals surface area contributed by atoms with Crippen LogP contribution in [0.4, 0.5) is 0 Å². The molecule has 0 saturated carbocycles. The molecule has 0 aromatic carbocycles. The monoisotopic (exact) mass is 492 g/mol. The Bertz CT molecular complexity index is 656. The minimum absolute atomic E-state index is 0.101. The quantitative estimate of drug-likeness (QED) is 0.268. The smallest absolute Gasteiger partial charge is 0.194 e. The number of rotatable bonds is 7. The van der Waals surface area contributed by atoms with Crippen molar-refractivity contribution >= 4 is 58.1 Å². The van der Waals surface area contributed by atoms with E-state index in [1.54, 1.807) is 0 Å². The summed E-state index contributed by atoms with van der Waals surface area (Å²) in [5.74, 6) is 0.176. The van der Waals surface area contributed by atoms with Crippen LogP contribution in [0.25, 0.3) is 6.08 Å². The zero-order valence-electron chi connectivity index (χ0n) is 12.8. The third-order valence-electron chi connectivity index (χ3n) is 3.26. The van der Waals surface area contributed by atoms with Crippen LogP contribution in [-0.4, -0.2) is 9.76 Å². The fourth-order valence-electron chi connectivity index (χ4n) is 2.19. The van der Waals surface area contributed by atoms with Gasteiger partial charge in [0.05, 0.1) is 11.8 Å². The van der Waals surface area contributed by atoms with Gasteiger partial charge in [0.1, 0.15) is 6.42 Å². The molecule has 1 heterocycles. The highest BCUT2D eigenvalue weighted by Crippen LogP contribution is 2.32. The normalized spacial score (nSPS) is 11.6. The first-order chi connectivity index (χ1) is 10.4. The second-order valence-electron chi connectivity index (χ2n) is 5.07. The van der Waals surface area contributed by atoms with E-state index < -0.39 is 0 Å². The molecule has 1 aromatic rings. The molecule has 0 aliphatic carbocycles. The van der Waals surface area contributed by atoms with Crippen molar-refractivity contribution in [3.05, 3.63) is 39.7 Å². The van der Waals surface area contributed by atoms with Gasteiger partial charge in [0.15, 0.2) is 5.78 Å². The molecule has 0 aliphatic rings. The van der Waals surface area contributed by atoms with Crippen LogP contribution in [0.5, 0.6) is 0 Å². The molecule has 0 saturated heterocycles. The van der Waals surface area contributed by atoms with Gasteiger partial charge in [0.2, 0.25) is 0 Å². The van der Waals surface area contributed by atoms with Crippen molar-refractivity contribution in [2.45, 2.75) is 33.6 Å². The molecule has 0 aliphatic heterocycles. The molecular formula is C16H18BrIN2OS. The number of aromatic nitrogens is 1. The molecule has 0 atom stereocenters. The third kappa shape index (κ3) is 4.49. The van der Waals surface area contributed by atoms with Crippen LogP contribution in [0.1, 0.15) is 48.9 Å². The highest BCUT2D eigenvalue weighted by Gasteiger charge is 2.19. The summed E-state index contributed by atoms with van der Waals surface area (Å²) in [6.07, 6.45) is 2.78. The fourth-order valence-corrected chi connectivity index (χ4v) is 4.65. The van der Waals surface area contributed by atoms with Crippen LogP contribution in [0.3, 0.4) is 0 Å². The Morgan fingerprint density at radius 2 is 2.27 bits per heavy atom. The SMILES string of the molecule is C=C(Br)/C(=C\c1cc(C(=O)CC#N)n(SI)c1CC)C(C)C. The predicted molar refractivity (Wildman–Crippen MR) is 106 cm³/mol. The van der Waals surface area contributed by atoms with Gasteiger partial charge in [-0.05, 0) is 35.6 Å². The van der Waals surface area contributed by atoms with Gasteiger partial charge in [0.25, 0.3) is 0 Å². The van der Waals surface area contributed by atoms with Gasteiger partial charge >= 0.3 is 0 Å². The minimum atomic E-state index is -0.148. The van der Waals surface area contributed by atoms with Gasteiger partial charge in [0, 0.05) is 40.5 Å². The molecule has 6 heteroatoms. The Kier molecular flexibility index (Phi) is 7.94. The van der Waals surface area contributed by atoms with Crippen LogP contribution in [0.2, 0.25) is 0 Å². The Morgan fingerprint density at radius 3 is 2.68 bits per heavy atom. The van der Waals surface area contributed by atoms with Crippen LogP contribution >= 0.6 is 46.3 Å². The van der Waals surface area contributed by atoms with Crippen molar-refractivity contribution in [2.24, 2.45) is 5.92 Å². The number of halogens is 2. The third-order valence-corrected chi connectivity index (χ3v) is 5.46. The molecule has 1 rings (SSSR count). The molecule has 0 N–H and O–H groups in total. The highest BCUT2D eigenvalue weighted by molar-refractivity contribution is 14.2. The number of ketones is 1. The number of hydrogen-bond donors (Lipinski definition) is 0. The fraction of sp³-hybridized carbons (Fsp3) is 0.375. The van der Waals surface area contributed by atoms with Gasteiger partial charge in [-0.25, -0.2) is 0 Å². The van der Waals surface area contributed by atoms with E-state index >= 15 is 0 Å². The van der Waals surface area contributed by atoms with E-state index in [0.717, 1.165) is 27.7 Å². The van der Waals surface area contributed by atoms with E-state index in [9.17, 15) is 4.79 Å². The average Bonchev–Trinajstić information content (AvgIpc) is 2.81. The first-order valence-corrected chi connectivity index (χ1v) is 11.0. The number of carbonyl (C=O) groups excluding carboxylic acids is 1. The highest BCUT2D eigenvalue weighted by atomic mass is 127. The summed E-state index contributed by atoms with van der Waals surface area (Å²) in [6, 6.07) is 3.81. The van der Waals surface area contributed by atoms with Gasteiger partial charge in [-0.3, -0.25) is 8.77 Å². The lowest BCUT2D eigenvalue weighted by Crippen LogP contribution is -2.04. The number of carbonyl (C=O) groups is 1. The molecular weight excluding hydrogens is 475 g/mol. The molecule has 0 radical (unpaired) electrons. The Hall–Kier alpha value is -0.520. The van der Waals surface area contributed by atoms with Gasteiger partial charge in [-0.1, -0.05) is 43.3 Å². The summed E-state index contributed by atoms with van der Waals surface area (Å²) in [7, 11) is 1.46. The Labute approximate surface area is 156 Å².